The summed E-state index contributed by atoms with van der Waals surface area (Å²) in [5.74, 6) is 3.33. The average Bonchev–Trinajstić information content (AvgIpc) is 2.45. The van der Waals surface area contributed by atoms with Crippen LogP contribution in [-0.2, 0) is 6.42 Å². The molecule has 0 bridgehead atoms. The fraction of sp³-hybridized carbons (Fsp3) is 0.333. The van der Waals surface area contributed by atoms with Gasteiger partial charge in [0.1, 0.15) is 0 Å². The fourth-order valence-corrected chi connectivity index (χ4v) is 3.04. The first-order valence-corrected chi connectivity index (χ1v) is 8.16. The van der Waals surface area contributed by atoms with E-state index < -0.39 is 0 Å². The molecule has 1 aromatic carbocycles. The monoisotopic (exact) mass is 357 g/mol. The summed E-state index contributed by atoms with van der Waals surface area (Å²) in [6.07, 6.45) is 7.73. The van der Waals surface area contributed by atoms with Crippen molar-refractivity contribution in [1.82, 2.24) is 9.97 Å². The van der Waals surface area contributed by atoms with Gasteiger partial charge in [-0.25, -0.2) is 9.97 Å². The summed E-state index contributed by atoms with van der Waals surface area (Å²) >= 11 is 3.66. The number of aromatic nitrogens is 2. The van der Waals surface area contributed by atoms with Crippen molar-refractivity contribution in [2.75, 3.05) is 11.4 Å². The third-order valence-corrected chi connectivity index (χ3v) is 3.94. The molecule has 0 radical (unpaired) electrons. The van der Waals surface area contributed by atoms with Crippen LogP contribution in [0.5, 0.6) is 0 Å². The summed E-state index contributed by atoms with van der Waals surface area (Å²) in [6, 6.07) is 8.31. The van der Waals surface area contributed by atoms with Crippen molar-refractivity contribution in [1.29, 1.82) is 0 Å². The van der Waals surface area contributed by atoms with E-state index in [0.717, 1.165) is 34.4 Å². The first kappa shape index (κ1) is 16.5. The van der Waals surface area contributed by atoms with Gasteiger partial charge in [-0.3, -0.25) is 4.90 Å². The molecule has 0 amide bonds. The maximum atomic E-state index is 5.55. The van der Waals surface area contributed by atoms with Crippen LogP contribution < -0.4 is 4.90 Å². The number of hydrogen-bond acceptors (Lipinski definition) is 3. The van der Waals surface area contributed by atoms with Crippen molar-refractivity contribution < 1.29 is 0 Å². The van der Waals surface area contributed by atoms with Crippen molar-refractivity contribution in [2.24, 2.45) is 0 Å². The number of rotatable bonds is 5. The molecule has 0 saturated carbocycles. The number of anilines is 2. The van der Waals surface area contributed by atoms with Crippen LogP contribution in [0.4, 0.5) is 11.6 Å². The topological polar surface area (TPSA) is 29.0 Å². The number of nitrogens with zero attached hydrogens (tertiary/aromatic N) is 3. The van der Waals surface area contributed by atoms with E-state index >= 15 is 0 Å². The van der Waals surface area contributed by atoms with Gasteiger partial charge in [0.05, 0.1) is 12.2 Å². The second-order valence-corrected chi connectivity index (χ2v) is 6.13. The third kappa shape index (κ3) is 3.86. The molecule has 0 saturated heterocycles. The summed E-state index contributed by atoms with van der Waals surface area (Å²) in [5, 5.41) is 0. The first-order valence-electron chi connectivity index (χ1n) is 7.37. The summed E-state index contributed by atoms with van der Waals surface area (Å²) in [7, 11) is 0. The predicted octanol–water partition coefficient (Wildman–Crippen LogP) is 4.58. The Morgan fingerprint density at radius 1 is 1.18 bits per heavy atom. The number of hydrogen-bond donors (Lipinski definition) is 0. The molecule has 1 aromatic heterocycles. The molecule has 114 valence electrons. The quantitative estimate of drug-likeness (QED) is 0.733. The highest BCUT2D eigenvalue weighted by Crippen LogP contribution is 2.31. The summed E-state index contributed by atoms with van der Waals surface area (Å²) in [5.41, 5.74) is 4.16. The van der Waals surface area contributed by atoms with Gasteiger partial charge in [-0.15, -0.1) is 6.42 Å². The highest BCUT2D eigenvalue weighted by molar-refractivity contribution is 9.10. The standard InChI is InChI=1S/C18H20BrN3/c1-5-7-15-8-9-17(16(19)12-15)22(10-6-2)18-20-13(3)11-14(4)21-18/h2,8-9,11-12H,5,7,10H2,1,3-4H3. The Hall–Kier alpha value is -1.86. The van der Waals surface area contributed by atoms with E-state index in [1.54, 1.807) is 0 Å². The molecule has 3 nitrogen and oxygen atoms in total. The molecule has 0 aliphatic rings. The van der Waals surface area contributed by atoms with Gasteiger partial charge in [-0.1, -0.05) is 25.3 Å². The summed E-state index contributed by atoms with van der Waals surface area (Å²) in [6.45, 7) is 6.53. The van der Waals surface area contributed by atoms with Crippen molar-refractivity contribution in [3.8, 4) is 12.3 Å². The molecule has 0 aliphatic carbocycles. The largest absolute Gasteiger partial charge is 0.298 e. The Kier molecular flexibility index (Phi) is 5.57. The number of aryl methyl sites for hydroxylation is 3. The number of halogens is 1. The van der Waals surface area contributed by atoms with Crippen molar-refractivity contribution in [3.05, 3.63) is 45.7 Å². The van der Waals surface area contributed by atoms with Gasteiger partial charge in [-0.2, -0.15) is 0 Å². The lowest BCUT2D eigenvalue weighted by molar-refractivity contribution is 0.917. The molecule has 0 N–H and O–H groups in total. The molecule has 0 spiro atoms. The molecular weight excluding hydrogens is 338 g/mol. The molecule has 0 fully saturated rings. The first-order chi connectivity index (χ1) is 10.5. The van der Waals surface area contributed by atoms with Crippen LogP contribution in [0.1, 0.15) is 30.3 Å². The molecule has 1 heterocycles. The zero-order valence-corrected chi connectivity index (χ0v) is 14.8. The zero-order chi connectivity index (χ0) is 16.1. The van der Waals surface area contributed by atoms with Crippen LogP contribution in [0, 0.1) is 26.2 Å². The zero-order valence-electron chi connectivity index (χ0n) is 13.2. The average molecular weight is 358 g/mol. The van der Waals surface area contributed by atoms with Crippen LogP contribution >= 0.6 is 15.9 Å². The minimum Gasteiger partial charge on any atom is -0.298 e. The second kappa shape index (κ2) is 7.42. The van der Waals surface area contributed by atoms with E-state index in [0.29, 0.717) is 12.5 Å². The fourth-order valence-electron chi connectivity index (χ4n) is 2.40. The molecular formula is C18H20BrN3. The van der Waals surface area contributed by atoms with E-state index in [1.807, 2.05) is 24.8 Å². The molecule has 4 heteroatoms. The van der Waals surface area contributed by atoms with Gasteiger partial charge in [-0.05, 0) is 60.0 Å². The lowest BCUT2D eigenvalue weighted by atomic mass is 10.1. The summed E-state index contributed by atoms with van der Waals surface area (Å²) < 4.78 is 1.01. The molecule has 0 unspecified atom stereocenters. The molecule has 0 atom stereocenters. The van der Waals surface area contributed by atoms with Gasteiger partial charge in [0, 0.05) is 15.9 Å². The molecule has 0 aliphatic heterocycles. The number of benzene rings is 1. The van der Waals surface area contributed by atoms with Gasteiger partial charge < -0.3 is 0 Å². The van der Waals surface area contributed by atoms with Gasteiger partial charge in [0.15, 0.2) is 0 Å². The smallest absolute Gasteiger partial charge is 0.231 e. The van der Waals surface area contributed by atoms with Crippen LogP contribution in [-0.4, -0.2) is 16.5 Å². The van der Waals surface area contributed by atoms with Crippen molar-refractivity contribution >= 4 is 27.6 Å². The van der Waals surface area contributed by atoms with E-state index in [-0.39, 0.29) is 0 Å². The Morgan fingerprint density at radius 2 is 1.86 bits per heavy atom. The second-order valence-electron chi connectivity index (χ2n) is 5.28. The third-order valence-electron chi connectivity index (χ3n) is 3.30. The maximum Gasteiger partial charge on any atom is 0.231 e. The predicted molar refractivity (Wildman–Crippen MR) is 95.5 cm³/mol. The highest BCUT2D eigenvalue weighted by atomic mass is 79.9. The lowest BCUT2D eigenvalue weighted by Gasteiger charge is -2.22. The Bertz CT molecular complexity index is 684. The van der Waals surface area contributed by atoms with Crippen molar-refractivity contribution in [2.45, 2.75) is 33.6 Å². The minimum absolute atomic E-state index is 0.425. The minimum atomic E-state index is 0.425. The van der Waals surface area contributed by atoms with Gasteiger partial charge >= 0.3 is 0 Å². The normalized spacial score (nSPS) is 10.3. The Balaban J connectivity index is 2.46. The summed E-state index contributed by atoms with van der Waals surface area (Å²) in [4.78, 5) is 11.0. The maximum absolute atomic E-state index is 5.55. The molecule has 22 heavy (non-hydrogen) atoms. The molecule has 2 aromatic rings. The van der Waals surface area contributed by atoms with E-state index in [4.69, 9.17) is 6.42 Å². The van der Waals surface area contributed by atoms with Gasteiger partial charge in [0.2, 0.25) is 5.95 Å². The van der Waals surface area contributed by atoms with E-state index in [1.165, 1.54) is 5.56 Å². The van der Waals surface area contributed by atoms with E-state index in [9.17, 15) is 0 Å². The van der Waals surface area contributed by atoms with Crippen LogP contribution in [0.2, 0.25) is 0 Å². The Morgan fingerprint density at radius 3 is 2.41 bits per heavy atom. The lowest BCUT2D eigenvalue weighted by Crippen LogP contribution is -2.21. The SMILES string of the molecule is C#CCN(c1nc(C)cc(C)n1)c1ccc(CCC)cc1Br. The highest BCUT2D eigenvalue weighted by Gasteiger charge is 2.15. The van der Waals surface area contributed by atoms with Crippen molar-refractivity contribution in [3.63, 3.8) is 0 Å². The van der Waals surface area contributed by atoms with E-state index in [2.05, 4.69) is 56.9 Å². The number of terminal acetylenes is 1. The van der Waals surface area contributed by atoms with Gasteiger partial charge in [0.25, 0.3) is 0 Å². The molecule has 2 rings (SSSR count). The van der Waals surface area contributed by atoms with Crippen LogP contribution in [0.3, 0.4) is 0 Å². The van der Waals surface area contributed by atoms with Crippen LogP contribution in [0.25, 0.3) is 0 Å². The Labute approximate surface area is 140 Å². The van der Waals surface area contributed by atoms with Crippen LogP contribution in [0.15, 0.2) is 28.7 Å².